The maximum absolute atomic E-state index is 13.5. The summed E-state index contributed by atoms with van der Waals surface area (Å²) < 4.78 is 13.5. The summed E-state index contributed by atoms with van der Waals surface area (Å²) in [4.78, 5) is 29.8. The molecule has 0 aromatic heterocycles. The van der Waals surface area contributed by atoms with E-state index in [0.717, 1.165) is 13.0 Å². The van der Waals surface area contributed by atoms with E-state index < -0.39 is 5.82 Å². The van der Waals surface area contributed by atoms with Crippen LogP contribution < -0.4 is 16.0 Å². The molecule has 1 unspecified atom stereocenters. The van der Waals surface area contributed by atoms with Gasteiger partial charge < -0.3 is 20.9 Å². The number of aliphatic imine (C=N–C) groups is 1. The van der Waals surface area contributed by atoms with Crippen LogP contribution in [0.25, 0.3) is 0 Å². The Morgan fingerprint density at radius 1 is 1.30 bits per heavy atom. The van der Waals surface area contributed by atoms with Gasteiger partial charge in [0.25, 0.3) is 5.91 Å². The lowest BCUT2D eigenvalue weighted by molar-refractivity contribution is -0.129. The third-order valence-corrected chi connectivity index (χ3v) is 4.54. The van der Waals surface area contributed by atoms with Crippen LogP contribution in [-0.2, 0) is 4.79 Å². The van der Waals surface area contributed by atoms with E-state index in [0.29, 0.717) is 43.1 Å². The Bertz CT molecular complexity index is 707. The van der Waals surface area contributed by atoms with Crippen LogP contribution in [0.4, 0.5) is 4.39 Å². The van der Waals surface area contributed by atoms with E-state index in [4.69, 9.17) is 0 Å². The number of hydrogen-bond acceptors (Lipinski definition) is 3. The molecule has 1 aliphatic heterocycles. The zero-order valence-electron chi connectivity index (χ0n) is 16.1. The number of carbonyl (C=O) groups excluding carboxylic acids is 2. The lowest BCUT2D eigenvalue weighted by Gasteiger charge is -2.18. The summed E-state index contributed by atoms with van der Waals surface area (Å²) in [5, 5.41) is 9.16. The van der Waals surface area contributed by atoms with Crippen molar-refractivity contribution >= 4 is 17.8 Å². The lowest BCUT2D eigenvalue weighted by Crippen LogP contribution is -2.46. The van der Waals surface area contributed by atoms with Crippen LogP contribution in [0.3, 0.4) is 0 Å². The van der Waals surface area contributed by atoms with Gasteiger partial charge in [-0.05, 0) is 31.0 Å². The van der Waals surface area contributed by atoms with Crippen LogP contribution in [0, 0.1) is 12.7 Å². The molecule has 1 fully saturated rings. The summed E-state index contributed by atoms with van der Waals surface area (Å²) in [5.74, 6) is 0.0830. The number of aryl methyl sites for hydroxylation is 1. The number of likely N-dealkylation sites (tertiary alicyclic amines) is 1. The normalized spacial score (nSPS) is 17.0. The molecular weight excluding hydrogens is 349 g/mol. The van der Waals surface area contributed by atoms with Gasteiger partial charge >= 0.3 is 0 Å². The van der Waals surface area contributed by atoms with E-state index in [2.05, 4.69) is 20.9 Å². The average molecular weight is 377 g/mol. The van der Waals surface area contributed by atoms with Crippen LogP contribution in [0.2, 0.25) is 0 Å². The quantitative estimate of drug-likeness (QED) is 0.393. The highest BCUT2D eigenvalue weighted by molar-refractivity contribution is 5.94. The number of benzene rings is 1. The van der Waals surface area contributed by atoms with Crippen molar-refractivity contribution in [2.75, 3.05) is 33.2 Å². The van der Waals surface area contributed by atoms with Gasteiger partial charge in [0.15, 0.2) is 5.96 Å². The molecule has 1 saturated heterocycles. The Labute approximate surface area is 159 Å². The molecule has 7 nitrogen and oxygen atoms in total. The van der Waals surface area contributed by atoms with Crippen LogP contribution in [-0.4, -0.2) is 61.9 Å². The first kappa shape index (κ1) is 20.7. The molecule has 1 aromatic rings. The van der Waals surface area contributed by atoms with Crippen molar-refractivity contribution in [1.82, 2.24) is 20.9 Å². The molecule has 1 aliphatic rings. The summed E-state index contributed by atoms with van der Waals surface area (Å²) in [6.07, 6.45) is 1.40. The summed E-state index contributed by atoms with van der Waals surface area (Å²) in [6.45, 7) is 5.79. The third kappa shape index (κ3) is 5.94. The van der Waals surface area contributed by atoms with E-state index in [1.807, 2.05) is 11.8 Å². The lowest BCUT2D eigenvalue weighted by atomic mass is 10.1. The molecule has 1 heterocycles. The summed E-state index contributed by atoms with van der Waals surface area (Å²) in [5.41, 5.74) is 0.807. The third-order valence-electron chi connectivity index (χ3n) is 4.54. The Morgan fingerprint density at radius 2 is 2.04 bits per heavy atom. The van der Waals surface area contributed by atoms with E-state index in [9.17, 15) is 14.0 Å². The van der Waals surface area contributed by atoms with Gasteiger partial charge in [-0.15, -0.1) is 0 Å². The monoisotopic (exact) mass is 377 g/mol. The number of carbonyl (C=O) groups is 2. The second-order valence-electron chi connectivity index (χ2n) is 6.54. The number of guanidine groups is 1. The molecular formula is C19H28FN5O2. The van der Waals surface area contributed by atoms with Crippen molar-refractivity contribution in [3.63, 3.8) is 0 Å². The highest BCUT2D eigenvalue weighted by Crippen LogP contribution is 2.10. The molecule has 0 saturated carbocycles. The highest BCUT2D eigenvalue weighted by Gasteiger charge is 2.25. The predicted octanol–water partition coefficient (Wildman–Crippen LogP) is 1.04. The fourth-order valence-electron chi connectivity index (χ4n) is 2.91. The standard InChI is InChI=1S/C19H28FN5O2/c1-4-17(26)25-10-7-15(12-25)24-19(21-3)23-9-8-22-18(27)14-6-5-13(2)16(20)11-14/h5-6,11,15H,4,7-10,12H2,1-3H3,(H,22,27)(H2,21,23,24). The maximum atomic E-state index is 13.5. The smallest absolute Gasteiger partial charge is 0.251 e. The fraction of sp³-hybridized carbons (Fsp3) is 0.526. The predicted molar refractivity (Wildman–Crippen MR) is 103 cm³/mol. The van der Waals surface area contributed by atoms with Crippen molar-refractivity contribution in [2.24, 2.45) is 4.99 Å². The van der Waals surface area contributed by atoms with Crippen LogP contribution in [0.5, 0.6) is 0 Å². The van der Waals surface area contributed by atoms with Crippen molar-refractivity contribution in [2.45, 2.75) is 32.7 Å². The van der Waals surface area contributed by atoms with Crippen molar-refractivity contribution in [1.29, 1.82) is 0 Å². The van der Waals surface area contributed by atoms with Gasteiger partial charge in [0.1, 0.15) is 5.82 Å². The minimum atomic E-state index is -0.391. The van der Waals surface area contributed by atoms with Crippen LogP contribution in [0.15, 0.2) is 23.2 Å². The van der Waals surface area contributed by atoms with Gasteiger partial charge in [-0.2, -0.15) is 0 Å². The Hall–Kier alpha value is -2.64. The first-order valence-electron chi connectivity index (χ1n) is 9.24. The SMILES string of the molecule is CCC(=O)N1CCC(NC(=NC)NCCNC(=O)c2ccc(C)c(F)c2)C1. The Kier molecular flexibility index (Phi) is 7.57. The number of rotatable bonds is 6. The molecule has 0 aliphatic carbocycles. The van der Waals surface area contributed by atoms with Crippen LogP contribution >= 0.6 is 0 Å². The summed E-state index contributed by atoms with van der Waals surface area (Å²) in [7, 11) is 1.67. The zero-order valence-corrected chi connectivity index (χ0v) is 16.1. The molecule has 0 bridgehead atoms. The summed E-state index contributed by atoms with van der Waals surface area (Å²) in [6, 6.07) is 4.59. The Balaban J connectivity index is 1.71. The molecule has 2 rings (SSSR count). The average Bonchev–Trinajstić information content (AvgIpc) is 3.14. The molecule has 0 radical (unpaired) electrons. The molecule has 1 aromatic carbocycles. The topological polar surface area (TPSA) is 85.8 Å². The number of hydrogen-bond donors (Lipinski definition) is 3. The molecule has 148 valence electrons. The van der Waals surface area contributed by atoms with E-state index in [1.54, 1.807) is 26.1 Å². The van der Waals surface area contributed by atoms with Gasteiger partial charge in [-0.3, -0.25) is 14.6 Å². The first-order valence-corrected chi connectivity index (χ1v) is 9.24. The van der Waals surface area contributed by atoms with Gasteiger partial charge in [-0.1, -0.05) is 13.0 Å². The number of halogens is 1. The van der Waals surface area contributed by atoms with E-state index in [1.165, 1.54) is 6.07 Å². The molecule has 3 N–H and O–H groups in total. The van der Waals surface area contributed by atoms with Crippen LogP contribution in [0.1, 0.15) is 35.7 Å². The van der Waals surface area contributed by atoms with Gasteiger partial charge in [0.2, 0.25) is 5.91 Å². The van der Waals surface area contributed by atoms with Gasteiger partial charge in [0, 0.05) is 51.3 Å². The second-order valence-corrected chi connectivity index (χ2v) is 6.54. The van der Waals surface area contributed by atoms with E-state index >= 15 is 0 Å². The molecule has 0 spiro atoms. The number of nitrogens with zero attached hydrogens (tertiary/aromatic N) is 2. The van der Waals surface area contributed by atoms with Crippen molar-refractivity contribution < 1.29 is 14.0 Å². The molecule has 8 heteroatoms. The number of nitrogens with one attached hydrogen (secondary N) is 3. The van der Waals surface area contributed by atoms with Gasteiger partial charge in [-0.25, -0.2) is 4.39 Å². The minimum Gasteiger partial charge on any atom is -0.355 e. The highest BCUT2D eigenvalue weighted by atomic mass is 19.1. The zero-order chi connectivity index (χ0) is 19.8. The Morgan fingerprint density at radius 3 is 2.70 bits per heavy atom. The maximum Gasteiger partial charge on any atom is 0.251 e. The van der Waals surface area contributed by atoms with Gasteiger partial charge in [0.05, 0.1) is 0 Å². The van der Waals surface area contributed by atoms with Crippen molar-refractivity contribution in [3.05, 3.63) is 35.1 Å². The van der Waals surface area contributed by atoms with Crippen molar-refractivity contribution in [3.8, 4) is 0 Å². The second kappa shape index (κ2) is 9.89. The summed E-state index contributed by atoms with van der Waals surface area (Å²) >= 11 is 0. The fourth-order valence-corrected chi connectivity index (χ4v) is 2.91. The first-order chi connectivity index (χ1) is 12.9. The molecule has 2 amide bonds. The molecule has 27 heavy (non-hydrogen) atoms. The number of amides is 2. The largest absolute Gasteiger partial charge is 0.355 e. The van der Waals surface area contributed by atoms with E-state index in [-0.39, 0.29) is 17.9 Å². The molecule has 1 atom stereocenters. The minimum absolute atomic E-state index is 0.164.